The number of ether oxygens (including phenoxy) is 1. The van der Waals surface area contributed by atoms with Crippen LogP contribution in [0.2, 0.25) is 10.0 Å². The predicted octanol–water partition coefficient (Wildman–Crippen LogP) is 6.12. The number of benzene rings is 1. The van der Waals surface area contributed by atoms with Gasteiger partial charge in [0.1, 0.15) is 5.82 Å². The van der Waals surface area contributed by atoms with Gasteiger partial charge in [-0.15, -0.1) is 0 Å². The number of aryl methyl sites for hydroxylation is 1. The number of pyridine rings is 1. The molecule has 0 saturated carbocycles. The SMILES string of the molecule is Cc1ncc(Oc2nc(-c3cc(Cl)cc(Cl)c3)cc(CN3CCC(CC(=O)OF)CC3)c2F)cn1. The van der Waals surface area contributed by atoms with Gasteiger partial charge in [-0.25, -0.2) is 24.1 Å². The number of likely N-dealkylation sites (tertiary alicyclic amines) is 1. The molecule has 3 aromatic rings. The fourth-order valence-electron chi connectivity index (χ4n) is 3.99. The standard InChI is InChI=1S/C24H22Cl2F2N4O3/c1-14-29-11-20(12-30-14)34-24-23(27)17(9-21(31-24)16-7-18(25)10-19(26)8-16)13-32-4-2-15(3-5-32)6-22(33)35-28/h7-12,15H,2-6,13H2,1H3. The van der Waals surface area contributed by atoms with Gasteiger partial charge < -0.3 is 4.74 Å². The van der Waals surface area contributed by atoms with Crippen LogP contribution in [-0.4, -0.2) is 38.9 Å². The van der Waals surface area contributed by atoms with Gasteiger partial charge in [0.2, 0.25) is 0 Å². The maximum absolute atomic E-state index is 15.5. The van der Waals surface area contributed by atoms with E-state index in [1.807, 2.05) is 0 Å². The number of nitrogens with zero attached hydrogens (tertiary/aromatic N) is 4. The number of halogens is 4. The topological polar surface area (TPSA) is 77.4 Å². The first-order chi connectivity index (χ1) is 16.8. The molecule has 0 radical (unpaired) electrons. The summed E-state index contributed by atoms with van der Waals surface area (Å²) in [5.41, 5.74) is 1.42. The molecule has 0 bridgehead atoms. The van der Waals surface area contributed by atoms with Crippen molar-refractivity contribution in [3.8, 4) is 22.9 Å². The minimum Gasteiger partial charge on any atom is -0.433 e. The number of piperidine rings is 1. The molecular weight excluding hydrogens is 501 g/mol. The van der Waals surface area contributed by atoms with Crippen LogP contribution in [-0.2, 0) is 16.3 Å². The average Bonchev–Trinajstić information content (AvgIpc) is 2.83. The van der Waals surface area contributed by atoms with Crippen LogP contribution in [0.3, 0.4) is 0 Å². The largest absolute Gasteiger partial charge is 0.433 e. The van der Waals surface area contributed by atoms with Crippen molar-refractivity contribution in [3.05, 3.63) is 63.9 Å². The summed E-state index contributed by atoms with van der Waals surface area (Å²) in [6, 6.07) is 6.61. The molecule has 4 rings (SSSR count). The minimum absolute atomic E-state index is 0.0291. The Morgan fingerprint density at radius 1 is 1.11 bits per heavy atom. The highest BCUT2D eigenvalue weighted by Gasteiger charge is 2.25. The highest BCUT2D eigenvalue weighted by atomic mass is 35.5. The lowest BCUT2D eigenvalue weighted by atomic mass is 9.93. The molecule has 0 atom stereocenters. The van der Waals surface area contributed by atoms with Gasteiger partial charge in [-0.1, -0.05) is 23.2 Å². The summed E-state index contributed by atoms with van der Waals surface area (Å²) in [5.74, 6) is -0.865. The lowest BCUT2D eigenvalue weighted by Gasteiger charge is -2.31. The first kappa shape index (κ1) is 25.2. The average molecular weight is 523 g/mol. The molecule has 0 aliphatic carbocycles. The molecule has 1 fully saturated rings. The van der Waals surface area contributed by atoms with Gasteiger partial charge in [0.05, 0.1) is 24.5 Å². The molecule has 0 spiro atoms. The summed E-state index contributed by atoms with van der Waals surface area (Å²) < 4.78 is 33.3. The zero-order chi connectivity index (χ0) is 24.9. The Morgan fingerprint density at radius 3 is 2.40 bits per heavy atom. The van der Waals surface area contributed by atoms with E-state index in [2.05, 4.69) is 24.8 Å². The first-order valence-corrected chi connectivity index (χ1v) is 11.7. The molecule has 0 N–H and O–H groups in total. The molecule has 35 heavy (non-hydrogen) atoms. The van der Waals surface area contributed by atoms with Crippen LogP contribution in [0.1, 0.15) is 30.7 Å². The summed E-state index contributed by atoms with van der Waals surface area (Å²) in [6.45, 7) is 3.25. The van der Waals surface area contributed by atoms with Gasteiger partial charge in [-0.2, -0.15) is 0 Å². The Balaban J connectivity index is 1.61. The minimum atomic E-state index is -0.865. The van der Waals surface area contributed by atoms with Crippen molar-refractivity contribution in [3.63, 3.8) is 0 Å². The van der Waals surface area contributed by atoms with Crippen LogP contribution in [0, 0.1) is 18.7 Å². The molecule has 0 unspecified atom stereocenters. The smallest absolute Gasteiger partial charge is 0.349 e. The fraction of sp³-hybridized carbons (Fsp3) is 0.333. The third-order valence-corrected chi connectivity index (χ3v) is 6.21. The second-order valence-corrected chi connectivity index (χ2v) is 9.26. The number of carbonyl (C=O) groups excluding carboxylic acids is 1. The Kier molecular flexibility index (Phi) is 8.10. The van der Waals surface area contributed by atoms with Crippen molar-refractivity contribution >= 4 is 29.2 Å². The molecule has 1 aliphatic heterocycles. The molecular formula is C24H22Cl2F2N4O3. The maximum atomic E-state index is 15.5. The van der Waals surface area contributed by atoms with Gasteiger partial charge in [0.25, 0.3) is 5.88 Å². The molecule has 2 aromatic heterocycles. The molecule has 7 nitrogen and oxygen atoms in total. The second kappa shape index (κ2) is 11.2. The number of hydrogen-bond donors (Lipinski definition) is 0. The van der Waals surface area contributed by atoms with Crippen molar-refractivity contribution in [1.29, 1.82) is 0 Å². The second-order valence-electron chi connectivity index (χ2n) is 8.38. The number of hydrogen-bond acceptors (Lipinski definition) is 7. The van der Waals surface area contributed by atoms with Crippen molar-refractivity contribution in [1.82, 2.24) is 19.9 Å². The van der Waals surface area contributed by atoms with Gasteiger partial charge in [0, 0.05) is 32.2 Å². The van der Waals surface area contributed by atoms with Gasteiger partial charge in [0.15, 0.2) is 11.6 Å². The van der Waals surface area contributed by atoms with E-state index in [9.17, 15) is 9.32 Å². The Labute approximate surface area is 210 Å². The van der Waals surface area contributed by atoms with Crippen molar-refractivity contribution in [2.24, 2.45) is 5.92 Å². The van der Waals surface area contributed by atoms with E-state index in [0.717, 1.165) is 0 Å². The summed E-state index contributed by atoms with van der Waals surface area (Å²) in [4.78, 5) is 29.1. The molecule has 0 amide bonds. The van der Waals surface area contributed by atoms with Crippen molar-refractivity contribution in [2.45, 2.75) is 32.7 Å². The van der Waals surface area contributed by atoms with E-state index < -0.39 is 11.8 Å². The van der Waals surface area contributed by atoms with Gasteiger partial charge in [-0.05, 0) is 63.0 Å². The molecule has 1 aliphatic rings. The van der Waals surface area contributed by atoms with E-state index >= 15 is 4.39 Å². The molecule has 1 saturated heterocycles. The first-order valence-electron chi connectivity index (χ1n) is 11.0. The Hall–Kier alpha value is -2.88. The normalized spacial score (nSPS) is 14.7. The lowest BCUT2D eigenvalue weighted by molar-refractivity contribution is -0.185. The summed E-state index contributed by atoms with van der Waals surface area (Å²) in [6.07, 6.45) is 4.26. The summed E-state index contributed by atoms with van der Waals surface area (Å²) >= 11 is 12.3. The van der Waals surface area contributed by atoms with Crippen LogP contribution in [0.25, 0.3) is 11.3 Å². The van der Waals surface area contributed by atoms with E-state index in [1.165, 1.54) is 12.4 Å². The van der Waals surface area contributed by atoms with Crippen LogP contribution in [0.5, 0.6) is 11.6 Å². The summed E-state index contributed by atoms with van der Waals surface area (Å²) in [7, 11) is 0. The zero-order valence-corrected chi connectivity index (χ0v) is 20.3. The predicted molar refractivity (Wildman–Crippen MR) is 126 cm³/mol. The van der Waals surface area contributed by atoms with Crippen molar-refractivity contribution in [2.75, 3.05) is 13.1 Å². The molecule has 1 aromatic carbocycles. The third-order valence-electron chi connectivity index (χ3n) is 5.78. The maximum Gasteiger partial charge on any atom is 0.349 e. The van der Waals surface area contributed by atoms with Crippen LogP contribution < -0.4 is 4.74 Å². The zero-order valence-electron chi connectivity index (χ0n) is 18.8. The quantitative estimate of drug-likeness (QED) is 0.370. The lowest BCUT2D eigenvalue weighted by Crippen LogP contribution is -2.34. The molecule has 11 heteroatoms. The van der Waals surface area contributed by atoms with Crippen LogP contribution in [0.4, 0.5) is 8.92 Å². The van der Waals surface area contributed by atoms with E-state index in [-0.39, 0.29) is 30.5 Å². The summed E-state index contributed by atoms with van der Waals surface area (Å²) in [5, 5.41) is 0.840. The highest BCUT2D eigenvalue weighted by Crippen LogP contribution is 2.33. The van der Waals surface area contributed by atoms with Gasteiger partial charge >= 0.3 is 5.97 Å². The monoisotopic (exact) mass is 522 g/mol. The third kappa shape index (κ3) is 6.62. The highest BCUT2D eigenvalue weighted by molar-refractivity contribution is 6.35. The molecule has 184 valence electrons. The Morgan fingerprint density at radius 2 is 1.77 bits per heavy atom. The number of carbonyl (C=O) groups is 1. The van der Waals surface area contributed by atoms with Gasteiger partial charge in [-0.3, -0.25) is 9.84 Å². The van der Waals surface area contributed by atoms with Crippen LogP contribution >= 0.6 is 23.2 Å². The Bertz CT molecular complexity index is 1190. The van der Waals surface area contributed by atoms with E-state index in [1.54, 1.807) is 31.2 Å². The molecule has 3 heterocycles. The van der Waals surface area contributed by atoms with E-state index in [0.29, 0.717) is 58.6 Å². The van der Waals surface area contributed by atoms with E-state index in [4.69, 9.17) is 27.9 Å². The number of rotatable bonds is 7. The number of aromatic nitrogens is 3. The fourth-order valence-corrected chi connectivity index (χ4v) is 4.52. The van der Waals surface area contributed by atoms with Crippen molar-refractivity contribution < 1.29 is 23.4 Å². The van der Waals surface area contributed by atoms with Crippen LogP contribution in [0.15, 0.2) is 36.7 Å².